The molecule has 5 nitrogen and oxygen atoms in total. The highest BCUT2D eigenvalue weighted by molar-refractivity contribution is 8.00. The first-order valence-electron chi connectivity index (χ1n) is 7.38. The number of carbonyl (C=O) groups excluding carboxylic acids is 2. The van der Waals surface area contributed by atoms with Gasteiger partial charge in [-0.1, -0.05) is 6.08 Å². The molecular formula is C16H20FN3O2S. The summed E-state index contributed by atoms with van der Waals surface area (Å²) in [5.74, 6) is 0.914. The number of urea groups is 1. The number of carbonyl (C=O) groups is 2. The maximum absolute atomic E-state index is 12.8. The largest absolute Gasteiger partial charge is 0.340 e. The van der Waals surface area contributed by atoms with Gasteiger partial charge in [-0.15, -0.1) is 18.3 Å². The minimum atomic E-state index is -0.352. The number of hydrogen-bond acceptors (Lipinski definition) is 3. The van der Waals surface area contributed by atoms with E-state index in [0.29, 0.717) is 24.5 Å². The summed E-state index contributed by atoms with van der Waals surface area (Å²) in [5.41, 5.74) is 0.524. The fourth-order valence-corrected chi connectivity index (χ4v) is 2.95. The molecule has 1 saturated heterocycles. The van der Waals surface area contributed by atoms with Crippen molar-refractivity contribution in [1.82, 2.24) is 10.2 Å². The Morgan fingerprint density at radius 3 is 2.83 bits per heavy atom. The molecule has 7 heteroatoms. The zero-order valence-corrected chi connectivity index (χ0v) is 13.6. The van der Waals surface area contributed by atoms with E-state index in [2.05, 4.69) is 17.2 Å². The van der Waals surface area contributed by atoms with Gasteiger partial charge >= 0.3 is 6.03 Å². The number of nitrogens with one attached hydrogen (secondary N) is 2. The number of benzene rings is 1. The van der Waals surface area contributed by atoms with Crippen molar-refractivity contribution < 1.29 is 14.0 Å². The molecule has 1 fully saturated rings. The Bertz CT molecular complexity index is 565. The second-order valence-corrected chi connectivity index (χ2v) is 6.26. The van der Waals surface area contributed by atoms with Crippen molar-refractivity contribution in [2.24, 2.45) is 0 Å². The minimum Gasteiger partial charge on any atom is -0.340 e. The van der Waals surface area contributed by atoms with Crippen molar-refractivity contribution in [3.05, 3.63) is 42.7 Å². The van der Waals surface area contributed by atoms with E-state index in [9.17, 15) is 14.0 Å². The Kier molecular flexibility index (Phi) is 6.46. The first-order chi connectivity index (χ1) is 11.1. The predicted molar refractivity (Wildman–Crippen MR) is 91.1 cm³/mol. The lowest BCUT2D eigenvalue weighted by molar-refractivity contribution is -0.127. The average Bonchev–Trinajstić information content (AvgIpc) is 2.98. The summed E-state index contributed by atoms with van der Waals surface area (Å²) in [6, 6.07) is 5.14. The quantitative estimate of drug-likeness (QED) is 0.619. The third kappa shape index (κ3) is 5.59. The van der Waals surface area contributed by atoms with Crippen LogP contribution < -0.4 is 10.6 Å². The molecule has 1 aromatic carbocycles. The highest BCUT2D eigenvalue weighted by Gasteiger charge is 2.26. The van der Waals surface area contributed by atoms with E-state index in [0.717, 1.165) is 12.2 Å². The number of anilines is 1. The third-order valence-corrected chi connectivity index (χ3v) is 4.36. The first kappa shape index (κ1) is 17.3. The molecule has 1 aromatic rings. The van der Waals surface area contributed by atoms with Crippen molar-refractivity contribution in [3.8, 4) is 0 Å². The van der Waals surface area contributed by atoms with E-state index >= 15 is 0 Å². The summed E-state index contributed by atoms with van der Waals surface area (Å²) in [6.07, 6.45) is 2.50. The van der Waals surface area contributed by atoms with E-state index in [4.69, 9.17) is 0 Å². The van der Waals surface area contributed by atoms with E-state index in [1.54, 1.807) is 11.0 Å². The molecule has 23 heavy (non-hydrogen) atoms. The Labute approximate surface area is 139 Å². The molecule has 0 bridgehead atoms. The summed E-state index contributed by atoms with van der Waals surface area (Å²) in [5, 5.41) is 5.48. The van der Waals surface area contributed by atoms with Crippen LogP contribution in [0.25, 0.3) is 0 Å². The fourth-order valence-electron chi connectivity index (χ4n) is 2.31. The second-order valence-electron chi connectivity index (χ2n) is 5.23. The Balaban J connectivity index is 1.74. The van der Waals surface area contributed by atoms with Crippen LogP contribution in [-0.2, 0) is 4.79 Å². The molecule has 0 saturated carbocycles. The van der Waals surface area contributed by atoms with Crippen molar-refractivity contribution in [2.75, 3.05) is 29.9 Å². The van der Waals surface area contributed by atoms with Crippen LogP contribution in [0.15, 0.2) is 36.9 Å². The van der Waals surface area contributed by atoms with Crippen LogP contribution in [0, 0.1) is 5.82 Å². The second kappa shape index (κ2) is 8.57. The summed E-state index contributed by atoms with van der Waals surface area (Å²) >= 11 is 1.53. The lowest BCUT2D eigenvalue weighted by atomic mass is 10.3. The molecule has 0 aliphatic carbocycles. The lowest BCUT2D eigenvalue weighted by Gasteiger charge is -2.17. The van der Waals surface area contributed by atoms with Crippen LogP contribution in [0.3, 0.4) is 0 Å². The van der Waals surface area contributed by atoms with Crippen LogP contribution in [0.5, 0.6) is 0 Å². The van der Waals surface area contributed by atoms with Crippen molar-refractivity contribution in [3.63, 3.8) is 0 Å². The average molecular weight is 337 g/mol. The van der Waals surface area contributed by atoms with Crippen LogP contribution in [0.4, 0.5) is 14.9 Å². The van der Waals surface area contributed by atoms with Gasteiger partial charge in [-0.3, -0.25) is 4.79 Å². The molecule has 0 aromatic heterocycles. The van der Waals surface area contributed by atoms with E-state index in [1.165, 1.54) is 36.0 Å². The molecule has 1 heterocycles. The summed E-state index contributed by atoms with van der Waals surface area (Å²) < 4.78 is 12.8. The highest BCUT2D eigenvalue weighted by Crippen LogP contribution is 2.13. The summed E-state index contributed by atoms with van der Waals surface area (Å²) in [6.45, 7) is 4.78. The van der Waals surface area contributed by atoms with E-state index in [1.807, 2.05) is 0 Å². The van der Waals surface area contributed by atoms with Crippen LogP contribution >= 0.6 is 11.8 Å². The molecule has 1 aliphatic heterocycles. The number of likely N-dealkylation sites (tertiary alicyclic amines) is 1. The Hall–Kier alpha value is -2.02. The van der Waals surface area contributed by atoms with Crippen molar-refractivity contribution in [2.45, 2.75) is 12.5 Å². The minimum absolute atomic E-state index is 0.0659. The SMILES string of the molecule is C=CCSCC(=O)N1CC[C@@H](NC(=O)Nc2ccc(F)cc2)C1. The maximum atomic E-state index is 12.8. The summed E-state index contributed by atoms with van der Waals surface area (Å²) in [7, 11) is 0. The van der Waals surface area contributed by atoms with Gasteiger partial charge in [0.15, 0.2) is 0 Å². The van der Waals surface area contributed by atoms with E-state index in [-0.39, 0.29) is 23.8 Å². The Morgan fingerprint density at radius 2 is 2.13 bits per heavy atom. The molecule has 2 N–H and O–H groups in total. The predicted octanol–water partition coefficient (Wildman–Crippen LogP) is 2.47. The molecule has 0 spiro atoms. The van der Waals surface area contributed by atoms with Crippen molar-refractivity contribution in [1.29, 1.82) is 0 Å². The van der Waals surface area contributed by atoms with Crippen molar-refractivity contribution >= 4 is 29.4 Å². The standard InChI is InChI=1S/C16H20FN3O2S/c1-2-9-23-11-15(21)20-8-7-14(10-20)19-16(22)18-13-5-3-12(17)4-6-13/h2-6,14H,1,7-11H2,(H2,18,19,22)/t14-/m1/s1. The molecular weight excluding hydrogens is 317 g/mol. The fraction of sp³-hybridized carbons (Fsp3) is 0.375. The van der Waals surface area contributed by atoms with Gasteiger partial charge in [0.05, 0.1) is 5.75 Å². The van der Waals surface area contributed by atoms with Gasteiger partial charge in [-0.05, 0) is 30.7 Å². The van der Waals surface area contributed by atoms with Gasteiger partial charge in [-0.25, -0.2) is 9.18 Å². The normalized spacial score (nSPS) is 16.9. The number of hydrogen-bond donors (Lipinski definition) is 2. The number of thioether (sulfide) groups is 1. The van der Waals surface area contributed by atoms with Gasteiger partial charge in [0.2, 0.25) is 5.91 Å². The third-order valence-electron chi connectivity index (χ3n) is 3.44. The zero-order chi connectivity index (χ0) is 16.7. The lowest BCUT2D eigenvalue weighted by Crippen LogP contribution is -2.41. The first-order valence-corrected chi connectivity index (χ1v) is 8.53. The van der Waals surface area contributed by atoms with Gasteiger partial charge in [-0.2, -0.15) is 0 Å². The molecule has 1 atom stereocenters. The highest BCUT2D eigenvalue weighted by atomic mass is 32.2. The number of rotatable bonds is 6. The van der Waals surface area contributed by atoms with Crippen LogP contribution in [0.1, 0.15) is 6.42 Å². The van der Waals surface area contributed by atoms with Gasteiger partial charge < -0.3 is 15.5 Å². The van der Waals surface area contributed by atoms with Gasteiger partial charge in [0.25, 0.3) is 0 Å². The topological polar surface area (TPSA) is 61.4 Å². The van der Waals surface area contributed by atoms with E-state index < -0.39 is 0 Å². The van der Waals surface area contributed by atoms with Gasteiger partial charge in [0.1, 0.15) is 5.82 Å². The van der Waals surface area contributed by atoms with Gasteiger partial charge in [0, 0.05) is 30.6 Å². The molecule has 3 amide bonds. The monoisotopic (exact) mass is 337 g/mol. The molecule has 1 aliphatic rings. The summed E-state index contributed by atoms with van der Waals surface area (Å²) in [4.78, 5) is 25.7. The zero-order valence-electron chi connectivity index (χ0n) is 12.8. The number of halogens is 1. The smallest absolute Gasteiger partial charge is 0.319 e. The van der Waals surface area contributed by atoms with Crippen LogP contribution in [-0.4, -0.2) is 47.5 Å². The number of amides is 3. The Morgan fingerprint density at radius 1 is 1.39 bits per heavy atom. The molecule has 2 rings (SSSR count). The van der Waals surface area contributed by atoms with Crippen LogP contribution in [0.2, 0.25) is 0 Å². The maximum Gasteiger partial charge on any atom is 0.319 e. The molecule has 0 radical (unpaired) electrons. The molecule has 0 unspecified atom stereocenters. The number of nitrogens with zero attached hydrogens (tertiary/aromatic N) is 1. The molecule has 124 valence electrons.